The molecule has 0 saturated carbocycles. The van der Waals surface area contributed by atoms with E-state index in [1.54, 1.807) is 23.1 Å². The topological polar surface area (TPSA) is 71.8 Å². The Morgan fingerprint density at radius 1 is 1.00 bits per heavy atom. The van der Waals surface area contributed by atoms with Gasteiger partial charge in [-0.15, -0.1) is 0 Å². The van der Waals surface area contributed by atoms with Crippen molar-refractivity contribution >= 4 is 11.8 Å². The molecule has 2 aromatic heterocycles. The Labute approximate surface area is 153 Å². The molecular formula is C20H23N5O. The van der Waals surface area contributed by atoms with Gasteiger partial charge in [-0.25, -0.2) is 9.48 Å². The highest BCUT2D eigenvalue weighted by Crippen LogP contribution is 2.21. The minimum absolute atomic E-state index is 0.117. The molecule has 2 amide bonds. The molecule has 0 fully saturated rings. The van der Waals surface area contributed by atoms with Gasteiger partial charge in [0.1, 0.15) is 5.82 Å². The van der Waals surface area contributed by atoms with E-state index >= 15 is 0 Å². The van der Waals surface area contributed by atoms with E-state index in [1.807, 2.05) is 63.4 Å². The molecule has 6 nitrogen and oxygen atoms in total. The normalized spacial score (nSPS) is 12.0. The molecule has 0 saturated heterocycles. The van der Waals surface area contributed by atoms with Gasteiger partial charge >= 0.3 is 6.03 Å². The van der Waals surface area contributed by atoms with Gasteiger partial charge in [-0.1, -0.05) is 30.3 Å². The van der Waals surface area contributed by atoms with Gasteiger partial charge in [0.05, 0.1) is 12.2 Å². The number of nitrogens with one attached hydrogen (secondary N) is 2. The number of hydrogen-bond donors (Lipinski definition) is 2. The lowest BCUT2D eigenvalue weighted by molar-refractivity contribution is 0.249. The largest absolute Gasteiger partial charge is 0.331 e. The number of rotatable bonds is 5. The van der Waals surface area contributed by atoms with E-state index in [1.165, 1.54) is 0 Å². The van der Waals surface area contributed by atoms with E-state index in [0.29, 0.717) is 5.82 Å². The Bertz CT molecular complexity index is 855. The van der Waals surface area contributed by atoms with Crippen LogP contribution in [-0.2, 0) is 0 Å². The highest BCUT2D eigenvalue weighted by atomic mass is 16.2. The fourth-order valence-corrected chi connectivity index (χ4v) is 2.75. The van der Waals surface area contributed by atoms with Crippen molar-refractivity contribution in [3.8, 4) is 11.1 Å². The molecule has 0 unspecified atom stereocenters. The number of benzene rings is 1. The number of hydrogen-bond acceptors (Lipinski definition) is 3. The highest BCUT2D eigenvalue weighted by Gasteiger charge is 2.13. The molecule has 3 aromatic rings. The van der Waals surface area contributed by atoms with Crippen molar-refractivity contribution in [1.29, 1.82) is 0 Å². The molecule has 3 rings (SSSR count). The maximum absolute atomic E-state index is 12.3. The Morgan fingerprint density at radius 3 is 2.42 bits per heavy atom. The molecule has 0 spiro atoms. The summed E-state index contributed by atoms with van der Waals surface area (Å²) in [7, 11) is 0. The third-order valence-corrected chi connectivity index (χ3v) is 4.15. The first-order chi connectivity index (χ1) is 12.5. The van der Waals surface area contributed by atoms with Crippen LogP contribution in [0.5, 0.6) is 0 Å². The molecule has 2 heterocycles. The van der Waals surface area contributed by atoms with Crippen molar-refractivity contribution in [2.24, 2.45) is 0 Å². The molecule has 0 bridgehead atoms. The van der Waals surface area contributed by atoms with Gasteiger partial charge in [0.2, 0.25) is 0 Å². The number of urea groups is 1. The summed E-state index contributed by atoms with van der Waals surface area (Å²) >= 11 is 0. The minimum Gasteiger partial charge on any atom is -0.331 e. The molecule has 0 aliphatic carbocycles. The predicted molar refractivity (Wildman–Crippen MR) is 103 cm³/mol. The molecular weight excluding hydrogens is 326 g/mol. The van der Waals surface area contributed by atoms with Crippen molar-refractivity contribution in [3.63, 3.8) is 0 Å². The smallest absolute Gasteiger partial charge is 0.320 e. The lowest BCUT2D eigenvalue weighted by Crippen LogP contribution is -2.32. The Kier molecular flexibility index (Phi) is 5.31. The summed E-state index contributed by atoms with van der Waals surface area (Å²) in [6.45, 7) is 5.99. The zero-order valence-electron chi connectivity index (χ0n) is 15.2. The second-order valence-corrected chi connectivity index (χ2v) is 6.44. The van der Waals surface area contributed by atoms with Crippen LogP contribution in [0.4, 0.5) is 10.6 Å². The van der Waals surface area contributed by atoms with Crippen LogP contribution < -0.4 is 10.6 Å². The van der Waals surface area contributed by atoms with Crippen LogP contribution >= 0.6 is 0 Å². The zero-order chi connectivity index (χ0) is 18.5. The van der Waals surface area contributed by atoms with Crippen molar-refractivity contribution < 1.29 is 4.79 Å². The molecule has 134 valence electrons. The second-order valence-electron chi connectivity index (χ2n) is 6.44. The van der Waals surface area contributed by atoms with Crippen LogP contribution in [0.2, 0.25) is 0 Å². The summed E-state index contributed by atoms with van der Waals surface area (Å²) in [6, 6.07) is 13.6. The monoisotopic (exact) mass is 349 g/mol. The van der Waals surface area contributed by atoms with Gasteiger partial charge in [0, 0.05) is 24.5 Å². The van der Waals surface area contributed by atoms with E-state index in [-0.39, 0.29) is 18.1 Å². The summed E-state index contributed by atoms with van der Waals surface area (Å²) in [5.74, 6) is 0.677. The number of aromatic nitrogens is 3. The number of nitrogens with zero attached hydrogens (tertiary/aromatic N) is 3. The number of anilines is 1. The van der Waals surface area contributed by atoms with Crippen LogP contribution in [0, 0.1) is 0 Å². The SMILES string of the molecule is CC(C)n1nccc1NC(=O)N[C@@H](C)c1ccc(-c2cccnc2)cc1. The van der Waals surface area contributed by atoms with Gasteiger partial charge in [-0.2, -0.15) is 5.10 Å². The van der Waals surface area contributed by atoms with Gasteiger partial charge in [-0.05, 0) is 43.5 Å². The summed E-state index contributed by atoms with van der Waals surface area (Å²) in [6.07, 6.45) is 5.27. The molecule has 2 N–H and O–H groups in total. The first-order valence-corrected chi connectivity index (χ1v) is 8.66. The standard InChI is InChI=1S/C20H23N5O/c1-14(2)25-19(10-12-22-25)24-20(26)23-15(3)16-6-8-17(9-7-16)18-5-4-11-21-13-18/h4-15H,1-3H3,(H2,23,24,26)/t15-/m0/s1. The van der Waals surface area contributed by atoms with E-state index in [4.69, 9.17) is 0 Å². The number of carbonyl (C=O) groups is 1. The van der Waals surface area contributed by atoms with Gasteiger partial charge in [0.15, 0.2) is 0 Å². The summed E-state index contributed by atoms with van der Waals surface area (Å²) < 4.78 is 1.77. The van der Waals surface area contributed by atoms with Crippen LogP contribution in [0.25, 0.3) is 11.1 Å². The third kappa shape index (κ3) is 4.08. The summed E-state index contributed by atoms with van der Waals surface area (Å²) in [4.78, 5) is 16.4. The van der Waals surface area contributed by atoms with Crippen molar-refractivity contribution in [2.45, 2.75) is 32.9 Å². The first kappa shape index (κ1) is 17.7. The molecule has 6 heteroatoms. The molecule has 0 aliphatic rings. The van der Waals surface area contributed by atoms with Crippen LogP contribution in [0.3, 0.4) is 0 Å². The first-order valence-electron chi connectivity index (χ1n) is 8.66. The maximum atomic E-state index is 12.3. The number of amides is 2. The summed E-state index contributed by atoms with van der Waals surface area (Å²) in [5, 5.41) is 10.0. The summed E-state index contributed by atoms with van der Waals surface area (Å²) in [5.41, 5.74) is 3.20. The average Bonchev–Trinajstić information content (AvgIpc) is 3.11. The lowest BCUT2D eigenvalue weighted by atomic mass is 10.0. The van der Waals surface area contributed by atoms with Gasteiger partial charge < -0.3 is 5.32 Å². The molecule has 1 atom stereocenters. The second kappa shape index (κ2) is 7.82. The Morgan fingerprint density at radius 2 is 1.77 bits per heavy atom. The van der Waals surface area contributed by atoms with Crippen molar-refractivity contribution in [1.82, 2.24) is 20.1 Å². The van der Waals surface area contributed by atoms with Crippen LogP contribution in [0.15, 0.2) is 61.1 Å². The van der Waals surface area contributed by atoms with Gasteiger partial charge in [-0.3, -0.25) is 10.3 Å². The van der Waals surface area contributed by atoms with Crippen molar-refractivity contribution in [2.75, 3.05) is 5.32 Å². The van der Waals surface area contributed by atoms with E-state index in [0.717, 1.165) is 16.7 Å². The molecule has 0 aliphatic heterocycles. The van der Waals surface area contributed by atoms with Crippen LogP contribution in [-0.4, -0.2) is 20.8 Å². The average molecular weight is 349 g/mol. The number of pyridine rings is 1. The highest BCUT2D eigenvalue weighted by molar-refractivity contribution is 5.88. The zero-order valence-corrected chi connectivity index (χ0v) is 15.2. The quantitative estimate of drug-likeness (QED) is 0.717. The molecule has 26 heavy (non-hydrogen) atoms. The Hall–Kier alpha value is -3.15. The minimum atomic E-state index is -0.253. The maximum Gasteiger partial charge on any atom is 0.320 e. The lowest BCUT2D eigenvalue weighted by Gasteiger charge is -2.17. The fourth-order valence-electron chi connectivity index (χ4n) is 2.75. The van der Waals surface area contributed by atoms with Gasteiger partial charge in [0.25, 0.3) is 0 Å². The third-order valence-electron chi connectivity index (χ3n) is 4.15. The van der Waals surface area contributed by atoms with Crippen LogP contribution in [0.1, 0.15) is 38.4 Å². The van der Waals surface area contributed by atoms with E-state index in [9.17, 15) is 4.79 Å². The fraction of sp³-hybridized carbons (Fsp3) is 0.250. The Balaban J connectivity index is 1.63. The van der Waals surface area contributed by atoms with E-state index < -0.39 is 0 Å². The number of carbonyl (C=O) groups excluding carboxylic acids is 1. The predicted octanol–water partition coefficient (Wildman–Crippen LogP) is 4.41. The molecule has 1 aromatic carbocycles. The molecule has 0 radical (unpaired) electrons. The van der Waals surface area contributed by atoms with E-state index in [2.05, 4.69) is 20.7 Å². The van der Waals surface area contributed by atoms with Crippen molar-refractivity contribution in [3.05, 3.63) is 66.6 Å².